The zero-order valence-corrected chi connectivity index (χ0v) is 15.7. The van der Waals surface area contributed by atoms with Gasteiger partial charge in [0.25, 0.3) is 5.91 Å². The molecule has 0 aliphatic rings. The summed E-state index contributed by atoms with van der Waals surface area (Å²) in [5.74, 6) is -0.511. The number of hydrogen-bond donors (Lipinski definition) is 3. The molecule has 2 amide bonds. The van der Waals surface area contributed by atoms with Gasteiger partial charge in [0.05, 0.1) is 0 Å². The van der Waals surface area contributed by atoms with Gasteiger partial charge < -0.3 is 10.1 Å². The molecule has 0 aromatic heterocycles. The fourth-order valence-corrected chi connectivity index (χ4v) is 2.16. The molecule has 0 aliphatic carbocycles. The van der Waals surface area contributed by atoms with E-state index in [2.05, 4.69) is 31.1 Å². The molecule has 2 atom stereocenters. The van der Waals surface area contributed by atoms with Crippen molar-refractivity contribution in [3.8, 4) is 0 Å². The van der Waals surface area contributed by atoms with Crippen LogP contribution in [0.5, 0.6) is 0 Å². The van der Waals surface area contributed by atoms with Crippen molar-refractivity contribution in [2.75, 3.05) is 12.0 Å². The van der Waals surface area contributed by atoms with Crippen LogP contribution in [0.4, 0.5) is 10.5 Å². The van der Waals surface area contributed by atoms with Crippen molar-refractivity contribution in [1.82, 2.24) is 5.32 Å². The summed E-state index contributed by atoms with van der Waals surface area (Å²) >= 11 is 3.28. The van der Waals surface area contributed by atoms with E-state index >= 15 is 0 Å². The van der Waals surface area contributed by atoms with Crippen molar-refractivity contribution in [3.05, 3.63) is 28.7 Å². The summed E-state index contributed by atoms with van der Waals surface area (Å²) < 4.78 is 20.8. The number of ether oxygens (including phenoxy) is 1. The summed E-state index contributed by atoms with van der Waals surface area (Å²) in [6, 6.07) is 6.85. The minimum atomic E-state index is -2.81. The molecule has 1 unspecified atom stereocenters. The SMILES string of the molecule is CC(C)C[C@H](OC(=O)Nc1ccc(Br)cc1)C(=O)NCO[P+](=O)O. The maximum atomic E-state index is 12.0. The van der Waals surface area contributed by atoms with Crippen LogP contribution in [0.3, 0.4) is 0 Å². The van der Waals surface area contributed by atoms with Gasteiger partial charge in [0, 0.05) is 14.7 Å². The Labute approximate surface area is 149 Å². The second-order valence-corrected chi connectivity index (χ2v) is 6.86. The van der Waals surface area contributed by atoms with Crippen molar-refractivity contribution in [2.45, 2.75) is 26.4 Å². The van der Waals surface area contributed by atoms with E-state index in [0.717, 1.165) is 4.47 Å². The maximum Gasteiger partial charge on any atom is 0.696 e. The summed E-state index contributed by atoms with van der Waals surface area (Å²) in [5, 5.41) is 4.80. The highest BCUT2D eigenvalue weighted by Crippen LogP contribution is 2.16. The quantitative estimate of drug-likeness (QED) is 0.438. The zero-order valence-electron chi connectivity index (χ0n) is 13.2. The lowest BCUT2D eigenvalue weighted by Crippen LogP contribution is -2.40. The zero-order chi connectivity index (χ0) is 18.1. The summed E-state index contributed by atoms with van der Waals surface area (Å²) in [6.07, 6.45) is -1.52. The molecule has 0 saturated carbocycles. The number of rotatable bonds is 8. The Kier molecular flexibility index (Phi) is 8.84. The Morgan fingerprint density at radius 1 is 1.29 bits per heavy atom. The predicted molar refractivity (Wildman–Crippen MR) is 91.4 cm³/mol. The number of anilines is 1. The normalized spacial score (nSPS) is 12.5. The van der Waals surface area contributed by atoms with Crippen LogP contribution in [-0.4, -0.2) is 29.7 Å². The van der Waals surface area contributed by atoms with Gasteiger partial charge in [-0.15, -0.1) is 4.89 Å². The Balaban J connectivity index is 2.60. The largest absolute Gasteiger partial charge is 0.696 e. The molecule has 132 valence electrons. The highest BCUT2D eigenvalue weighted by Gasteiger charge is 2.25. The third-order valence-electron chi connectivity index (χ3n) is 2.74. The third-order valence-corrected chi connectivity index (χ3v) is 3.62. The topological polar surface area (TPSA) is 114 Å². The molecule has 3 N–H and O–H groups in total. The van der Waals surface area contributed by atoms with Crippen LogP contribution in [0.2, 0.25) is 0 Å². The molecule has 8 nitrogen and oxygen atoms in total. The second-order valence-electron chi connectivity index (χ2n) is 5.21. The van der Waals surface area contributed by atoms with Gasteiger partial charge in [-0.25, -0.2) is 4.79 Å². The number of carbonyl (C=O) groups is 2. The lowest BCUT2D eigenvalue weighted by molar-refractivity contribution is -0.131. The van der Waals surface area contributed by atoms with Crippen LogP contribution in [0.25, 0.3) is 0 Å². The predicted octanol–water partition coefficient (Wildman–Crippen LogP) is 3.15. The highest BCUT2D eigenvalue weighted by atomic mass is 79.9. The Hall–Kier alpha value is -1.54. The summed E-state index contributed by atoms with van der Waals surface area (Å²) in [4.78, 5) is 32.5. The number of nitrogens with one attached hydrogen (secondary N) is 2. The van der Waals surface area contributed by atoms with Crippen LogP contribution in [-0.2, 0) is 18.6 Å². The molecule has 0 spiro atoms. The molecule has 0 heterocycles. The molecule has 0 radical (unpaired) electrons. The van der Waals surface area contributed by atoms with Crippen LogP contribution in [0.15, 0.2) is 28.7 Å². The molecule has 10 heteroatoms. The standard InChI is InChI=1S/C14H18BrN2O6P/c1-9(2)7-12(13(18)16-8-22-24(20)21)23-14(19)17-11-5-3-10(15)4-6-11/h3-6,9,12H,7-8H2,1-2H3,(H2-,16,17,18,19,20,21)/p+1/t12-/m0/s1. The van der Waals surface area contributed by atoms with Crippen LogP contribution in [0, 0.1) is 5.92 Å². The van der Waals surface area contributed by atoms with Crippen LogP contribution in [0.1, 0.15) is 20.3 Å². The number of amides is 2. The average molecular weight is 422 g/mol. The monoisotopic (exact) mass is 421 g/mol. The van der Waals surface area contributed by atoms with E-state index in [0.29, 0.717) is 12.1 Å². The van der Waals surface area contributed by atoms with E-state index < -0.39 is 33.1 Å². The molecule has 24 heavy (non-hydrogen) atoms. The van der Waals surface area contributed by atoms with Gasteiger partial charge in [0.2, 0.25) is 0 Å². The van der Waals surface area contributed by atoms with E-state index in [1.807, 2.05) is 13.8 Å². The van der Waals surface area contributed by atoms with Crippen LogP contribution >= 0.6 is 24.2 Å². The van der Waals surface area contributed by atoms with Gasteiger partial charge in [0.15, 0.2) is 12.8 Å². The van der Waals surface area contributed by atoms with Gasteiger partial charge in [0.1, 0.15) is 0 Å². The first-order valence-electron chi connectivity index (χ1n) is 7.08. The minimum Gasteiger partial charge on any atom is -0.436 e. The molecule has 0 bridgehead atoms. The van der Waals surface area contributed by atoms with Gasteiger partial charge in [-0.05, 0) is 36.6 Å². The Morgan fingerprint density at radius 2 is 1.92 bits per heavy atom. The molecule has 0 aliphatic heterocycles. The smallest absolute Gasteiger partial charge is 0.436 e. The number of halogens is 1. The fourth-order valence-electron chi connectivity index (χ4n) is 1.72. The molecular weight excluding hydrogens is 403 g/mol. The lowest BCUT2D eigenvalue weighted by Gasteiger charge is -2.19. The van der Waals surface area contributed by atoms with Crippen molar-refractivity contribution >= 4 is 41.9 Å². The van der Waals surface area contributed by atoms with E-state index in [1.165, 1.54) is 0 Å². The molecule has 1 rings (SSSR count). The Bertz CT molecular complexity index is 581. The summed E-state index contributed by atoms with van der Waals surface area (Å²) in [6.45, 7) is 3.30. The Morgan fingerprint density at radius 3 is 2.46 bits per heavy atom. The molecule has 0 saturated heterocycles. The molecular formula is C14H19BrN2O6P+. The maximum absolute atomic E-state index is 12.0. The number of carbonyl (C=O) groups excluding carboxylic acids is 2. The van der Waals surface area contributed by atoms with E-state index in [4.69, 9.17) is 9.63 Å². The average Bonchev–Trinajstić information content (AvgIpc) is 2.48. The first-order chi connectivity index (χ1) is 11.3. The van der Waals surface area contributed by atoms with E-state index in [-0.39, 0.29) is 5.92 Å². The second kappa shape index (κ2) is 10.4. The molecule has 0 fully saturated rings. The van der Waals surface area contributed by atoms with E-state index in [9.17, 15) is 14.2 Å². The van der Waals surface area contributed by atoms with Gasteiger partial charge >= 0.3 is 14.3 Å². The van der Waals surface area contributed by atoms with Crippen molar-refractivity contribution < 1.29 is 28.3 Å². The van der Waals surface area contributed by atoms with Crippen molar-refractivity contribution in [2.24, 2.45) is 5.92 Å². The van der Waals surface area contributed by atoms with Crippen molar-refractivity contribution in [3.63, 3.8) is 0 Å². The van der Waals surface area contributed by atoms with Crippen molar-refractivity contribution in [1.29, 1.82) is 0 Å². The first-order valence-corrected chi connectivity index (χ1v) is 9.00. The minimum absolute atomic E-state index is 0.0941. The van der Waals surface area contributed by atoms with Gasteiger partial charge in [-0.2, -0.15) is 0 Å². The van der Waals surface area contributed by atoms with E-state index in [1.54, 1.807) is 24.3 Å². The first kappa shape index (κ1) is 20.5. The van der Waals surface area contributed by atoms with Gasteiger partial charge in [-0.3, -0.25) is 10.1 Å². The molecule has 1 aromatic carbocycles. The molecule has 1 aromatic rings. The third kappa shape index (κ3) is 8.35. The number of hydrogen-bond acceptors (Lipinski definition) is 5. The van der Waals surface area contributed by atoms with Gasteiger partial charge in [-0.1, -0.05) is 34.3 Å². The highest BCUT2D eigenvalue weighted by molar-refractivity contribution is 9.10. The lowest BCUT2D eigenvalue weighted by atomic mass is 10.1. The number of benzene rings is 1. The fraction of sp³-hybridized carbons (Fsp3) is 0.429. The van der Waals surface area contributed by atoms with Crippen LogP contribution < -0.4 is 10.6 Å². The summed E-state index contributed by atoms with van der Waals surface area (Å²) in [7, 11) is -2.81. The summed E-state index contributed by atoms with van der Waals surface area (Å²) in [5.41, 5.74) is 0.521.